The fourth-order valence-electron chi connectivity index (χ4n) is 5.11. The van der Waals surface area contributed by atoms with E-state index in [2.05, 4.69) is 20.8 Å². The van der Waals surface area contributed by atoms with E-state index >= 15 is 0 Å². The summed E-state index contributed by atoms with van der Waals surface area (Å²) in [5, 5.41) is 16.6. The second-order valence-electron chi connectivity index (χ2n) is 10.0. The largest absolute Gasteiger partial charge is 0.448 e. The van der Waals surface area contributed by atoms with Gasteiger partial charge in [-0.3, -0.25) is 14.5 Å². The summed E-state index contributed by atoms with van der Waals surface area (Å²) in [6.07, 6.45) is -1.77. The summed E-state index contributed by atoms with van der Waals surface area (Å²) in [6.45, 7) is -0.0234. The highest BCUT2D eigenvalue weighted by Crippen LogP contribution is 2.42. The Hall–Kier alpha value is -4.37. The van der Waals surface area contributed by atoms with Gasteiger partial charge in [-0.2, -0.15) is 0 Å². The van der Waals surface area contributed by atoms with Crippen LogP contribution in [0.4, 0.5) is 0 Å². The number of aromatic nitrogens is 4. The molecule has 2 aromatic heterocycles. The van der Waals surface area contributed by atoms with E-state index < -0.39 is 35.8 Å². The number of rotatable bonds is 11. The van der Waals surface area contributed by atoms with E-state index in [1.165, 1.54) is 39.8 Å². The summed E-state index contributed by atoms with van der Waals surface area (Å²) in [6, 6.07) is 22.4. The van der Waals surface area contributed by atoms with Crippen molar-refractivity contribution in [2.24, 2.45) is 7.05 Å². The highest BCUT2D eigenvalue weighted by Gasteiger charge is 2.67. The lowest BCUT2D eigenvalue weighted by molar-refractivity contribution is -0.258. The second kappa shape index (κ2) is 12.7. The zero-order valence-corrected chi connectivity index (χ0v) is 25.4. The van der Waals surface area contributed by atoms with Gasteiger partial charge in [0.05, 0.1) is 13.0 Å². The first-order valence-corrected chi connectivity index (χ1v) is 15.5. The van der Waals surface area contributed by atoms with Gasteiger partial charge in [0, 0.05) is 24.8 Å². The van der Waals surface area contributed by atoms with Crippen LogP contribution in [0.3, 0.4) is 0 Å². The van der Waals surface area contributed by atoms with Gasteiger partial charge in [-0.05, 0) is 38.6 Å². The van der Waals surface area contributed by atoms with Gasteiger partial charge in [-0.15, -0.1) is 16.4 Å². The number of thiophene rings is 1. The fourth-order valence-corrected chi connectivity index (χ4v) is 6.65. The van der Waals surface area contributed by atoms with Gasteiger partial charge < -0.3 is 19.5 Å². The van der Waals surface area contributed by atoms with Gasteiger partial charge >= 0.3 is 5.97 Å². The molecule has 2 aliphatic heterocycles. The molecule has 0 bridgehead atoms. The minimum absolute atomic E-state index is 0.0234. The number of carbonyl (C=O) groups is 3. The molecule has 2 amide bonds. The Bertz CT molecular complexity index is 1640. The van der Waals surface area contributed by atoms with Crippen molar-refractivity contribution >= 4 is 40.9 Å². The number of ether oxygens (including phenoxy) is 3. The lowest BCUT2D eigenvalue weighted by Gasteiger charge is -2.55. The maximum absolute atomic E-state index is 14.2. The van der Waals surface area contributed by atoms with Crippen LogP contribution in [0, 0.1) is 0 Å². The molecule has 0 unspecified atom stereocenters. The third-order valence-electron chi connectivity index (χ3n) is 7.25. The standard InChI is InChI=1S/C30H28N6O6S2/c1-35-29(32-33-34-35)44-18-21-17-41-28-30(40-2,31-23(37)16-22-14-9-15-43-22)27(39)36(28)24(21)26(38)42-25(19-10-5-3-6-11-19)20-12-7-4-8-13-20/h3-15,25,28H,16-18H2,1-2H3,(H,31,37)/t28-,30+/m1/s1. The molecule has 226 valence electrons. The van der Waals surface area contributed by atoms with Gasteiger partial charge in [0.1, 0.15) is 5.70 Å². The number of methoxy groups -OCH3 is 1. The molecule has 14 heteroatoms. The Morgan fingerprint density at radius 2 is 1.82 bits per heavy atom. The van der Waals surface area contributed by atoms with Crippen LogP contribution < -0.4 is 5.32 Å². The minimum Gasteiger partial charge on any atom is -0.448 e. The molecule has 2 aromatic carbocycles. The van der Waals surface area contributed by atoms with Gasteiger partial charge in [-0.25, -0.2) is 9.48 Å². The fraction of sp³-hybridized carbons (Fsp3) is 0.267. The lowest BCUT2D eigenvalue weighted by atomic mass is 9.94. The molecular formula is C30H28N6O6S2. The van der Waals surface area contributed by atoms with Crippen molar-refractivity contribution in [1.29, 1.82) is 0 Å². The molecule has 1 N–H and O–H groups in total. The molecule has 0 saturated carbocycles. The van der Waals surface area contributed by atoms with E-state index in [9.17, 15) is 14.4 Å². The summed E-state index contributed by atoms with van der Waals surface area (Å²) in [5.74, 6) is -1.54. The van der Waals surface area contributed by atoms with Crippen molar-refractivity contribution in [3.05, 3.63) is 105 Å². The predicted octanol–water partition coefficient (Wildman–Crippen LogP) is 2.85. The first-order valence-electron chi connectivity index (χ1n) is 13.6. The van der Waals surface area contributed by atoms with Crippen LogP contribution in [0.2, 0.25) is 0 Å². The molecule has 0 spiro atoms. The number of hydrogen-bond acceptors (Lipinski definition) is 11. The minimum atomic E-state index is -1.80. The maximum Gasteiger partial charge on any atom is 0.356 e. The smallest absolute Gasteiger partial charge is 0.356 e. The topological polar surface area (TPSA) is 138 Å². The van der Waals surface area contributed by atoms with Gasteiger partial charge in [0.25, 0.3) is 11.6 Å². The molecule has 2 aliphatic rings. The van der Waals surface area contributed by atoms with Gasteiger partial charge in [-0.1, -0.05) is 78.5 Å². The molecule has 2 atom stereocenters. The Balaban J connectivity index is 1.32. The number of esters is 1. The molecule has 6 rings (SSSR count). The number of thioether (sulfide) groups is 1. The normalized spacial score (nSPS) is 19.5. The molecule has 4 heterocycles. The molecule has 1 saturated heterocycles. The quantitative estimate of drug-likeness (QED) is 0.114. The molecule has 0 radical (unpaired) electrons. The van der Waals surface area contributed by atoms with Crippen molar-refractivity contribution in [2.45, 2.75) is 29.6 Å². The second-order valence-corrected chi connectivity index (χ2v) is 12.0. The Labute approximate surface area is 261 Å². The highest BCUT2D eigenvalue weighted by atomic mass is 32.2. The summed E-state index contributed by atoms with van der Waals surface area (Å²) >= 11 is 2.71. The number of tetrazole rings is 1. The Morgan fingerprint density at radius 1 is 1.11 bits per heavy atom. The number of nitrogens with one attached hydrogen (secondary N) is 1. The number of β-lactam (4-membered cyclic amide) rings is 1. The molecule has 1 fully saturated rings. The average Bonchev–Trinajstić information content (AvgIpc) is 3.72. The van der Waals surface area contributed by atoms with E-state index in [0.29, 0.717) is 10.7 Å². The van der Waals surface area contributed by atoms with Crippen LogP contribution in [0.25, 0.3) is 0 Å². The van der Waals surface area contributed by atoms with Crippen LogP contribution in [0.5, 0.6) is 0 Å². The zero-order valence-electron chi connectivity index (χ0n) is 23.8. The van der Waals surface area contributed by atoms with Crippen molar-refractivity contribution in [3.63, 3.8) is 0 Å². The van der Waals surface area contributed by atoms with Crippen molar-refractivity contribution in [2.75, 3.05) is 19.5 Å². The number of benzene rings is 2. The van der Waals surface area contributed by atoms with Crippen molar-refractivity contribution in [1.82, 2.24) is 30.4 Å². The summed E-state index contributed by atoms with van der Waals surface area (Å²) in [7, 11) is 3.02. The van der Waals surface area contributed by atoms with E-state index in [-0.39, 0.29) is 24.5 Å². The third-order valence-corrected chi connectivity index (χ3v) is 9.22. The number of carbonyl (C=O) groups excluding carboxylic acids is 3. The predicted molar refractivity (Wildman–Crippen MR) is 160 cm³/mol. The van der Waals surface area contributed by atoms with E-state index in [4.69, 9.17) is 14.2 Å². The van der Waals surface area contributed by atoms with Gasteiger partial charge in [0.15, 0.2) is 12.3 Å². The van der Waals surface area contributed by atoms with E-state index in [1.807, 2.05) is 78.2 Å². The van der Waals surface area contributed by atoms with Crippen molar-refractivity contribution < 1.29 is 28.6 Å². The number of amides is 2. The number of hydrogen-bond donors (Lipinski definition) is 1. The molecule has 44 heavy (non-hydrogen) atoms. The number of fused-ring (bicyclic) bond motifs is 1. The summed E-state index contributed by atoms with van der Waals surface area (Å²) in [4.78, 5) is 43.0. The molecule has 0 aliphatic carbocycles. The van der Waals surface area contributed by atoms with Crippen LogP contribution in [0.15, 0.2) is 94.6 Å². The number of nitrogens with zero attached hydrogens (tertiary/aromatic N) is 5. The number of aryl methyl sites for hydroxylation is 1. The molecular weight excluding hydrogens is 605 g/mol. The van der Waals surface area contributed by atoms with Gasteiger partial charge in [0.2, 0.25) is 11.1 Å². The van der Waals surface area contributed by atoms with Crippen LogP contribution in [-0.4, -0.2) is 74.3 Å². The molecule has 12 nitrogen and oxygen atoms in total. The van der Waals surface area contributed by atoms with Crippen LogP contribution in [0.1, 0.15) is 22.1 Å². The lowest BCUT2D eigenvalue weighted by Crippen LogP contribution is -2.82. The van der Waals surface area contributed by atoms with Crippen molar-refractivity contribution in [3.8, 4) is 0 Å². The first-order chi connectivity index (χ1) is 21.4. The molecule has 4 aromatic rings. The SMILES string of the molecule is CO[C@@]1(NC(=O)Cc2cccs2)C(=O)N2C(C(=O)OC(c3ccccc3)c3ccccc3)=C(CSc3nnnn3C)CO[C@@H]21. The third kappa shape index (κ3) is 5.64. The zero-order chi connectivity index (χ0) is 30.7. The first kappa shape index (κ1) is 29.7. The Morgan fingerprint density at radius 3 is 2.41 bits per heavy atom. The summed E-state index contributed by atoms with van der Waals surface area (Å²) < 4.78 is 19.4. The maximum atomic E-state index is 14.2. The van der Waals surface area contributed by atoms with E-state index in [0.717, 1.165) is 16.0 Å². The monoisotopic (exact) mass is 632 g/mol. The van der Waals surface area contributed by atoms with Crippen LogP contribution >= 0.6 is 23.1 Å². The summed E-state index contributed by atoms with van der Waals surface area (Å²) in [5.41, 5.74) is 0.261. The Kier molecular flexibility index (Phi) is 8.57. The highest BCUT2D eigenvalue weighted by molar-refractivity contribution is 7.99. The van der Waals surface area contributed by atoms with Crippen LogP contribution in [-0.2, 0) is 42.1 Å². The van der Waals surface area contributed by atoms with E-state index in [1.54, 1.807) is 7.05 Å². The average molecular weight is 633 g/mol.